The van der Waals surface area contributed by atoms with Crippen LogP contribution in [0.5, 0.6) is 0 Å². The van der Waals surface area contributed by atoms with Crippen molar-refractivity contribution in [3.63, 3.8) is 0 Å². The largest absolute Gasteiger partial charge is 0.383 e. The third-order valence-corrected chi connectivity index (χ3v) is 3.65. The van der Waals surface area contributed by atoms with E-state index in [1.807, 2.05) is 0 Å². The van der Waals surface area contributed by atoms with Crippen LogP contribution in [0.2, 0.25) is 0 Å². The van der Waals surface area contributed by atoms with Gasteiger partial charge >= 0.3 is 0 Å². The molecule has 1 saturated heterocycles. The van der Waals surface area contributed by atoms with E-state index in [9.17, 15) is 0 Å². The molecule has 1 unspecified atom stereocenters. The molecule has 0 spiro atoms. The molecule has 2 fully saturated rings. The second-order valence-electron chi connectivity index (χ2n) is 4.73. The third-order valence-electron chi connectivity index (χ3n) is 3.65. The van der Waals surface area contributed by atoms with Crippen LogP contribution in [0.25, 0.3) is 0 Å². The van der Waals surface area contributed by atoms with Crippen molar-refractivity contribution in [1.82, 2.24) is 4.90 Å². The summed E-state index contributed by atoms with van der Waals surface area (Å²) >= 11 is 0. The highest BCUT2D eigenvalue weighted by atomic mass is 16.5. The molecule has 2 aliphatic rings. The van der Waals surface area contributed by atoms with E-state index in [1.54, 1.807) is 7.11 Å². The molecule has 82 valence electrons. The Morgan fingerprint density at radius 3 is 2.79 bits per heavy atom. The summed E-state index contributed by atoms with van der Waals surface area (Å²) in [5.41, 5.74) is 5.84. The zero-order valence-electron chi connectivity index (χ0n) is 9.11. The molecule has 0 amide bonds. The molecule has 0 aromatic rings. The fraction of sp³-hybridized carbons (Fsp3) is 1.00. The van der Waals surface area contributed by atoms with Gasteiger partial charge in [-0.2, -0.15) is 0 Å². The van der Waals surface area contributed by atoms with Crippen molar-refractivity contribution in [2.45, 2.75) is 50.2 Å². The third kappa shape index (κ3) is 2.10. The molecule has 0 aromatic heterocycles. The summed E-state index contributed by atoms with van der Waals surface area (Å²) in [5, 5.41) is 0. The van der Waals surface area contributed by atoms with Crippen molar-refractivity contribution in [2.75, 3.05) is 20.3 Å². The summed E-state index contributed by atoms with van der Waals surface area (Å²) in [6.45, 7) is 2.15. The van der Waals surface area contributed by atoms with Crippen molar-refractivity contribution < 1.29 is 4.74 Å². The first-order valence-electron chi connectivity index (χ1n) is 5.81. The fourth-order valence-corrected chi connectivity index (χ4v) is 2.78. The molecular weight excluding hydrogens is 176 g/mol. The number of likely N-dealkylation sites (tertiary alicyclic amines) is 1. The van der Waals surface area contributed by atoms with Crippen molar-refractivity contribution >= 4 is 0 Å². The number of rotatable bonds is 3. The Kier molecular flexibility index (Phi) is 3.42. The van der Waals surface area contributed by atoms with E-state index >= 15 is 0 Å². The van der Waals surface area contributed by atoms with Crippen molar-refractivity contribution in [3.8, 4) is 0 Å². The van der Waals surface area contributed by atoms with E-state index in [1.165, 1.54) is 38.6 Å². The molecule has 1 aliphatic heterocycles. The first-order chi connectivity index (χ1) is 6.81. The standard InChI is InChI=1S/C11H22N2O/c1-14-8-10-4-2-3-5-13(10)11-6-9(12)7-11/h9-11H,2-8,12H2,1H3. The average Bonchev–Trinajstić information content (AvgIpc) is 2.15. The van der Waals surface area contributed by atoms with Gasteiger partial charge in [0.1, 0.15) is 0 Å². The first-order valence-corrected chi connectivity index (χ1v) is 5.81. The molecule has 0 radical (unpaired) electrons. The molecule has 1 aliphatic carbocycles. The highest BCUT2D eigenvalue weighted by Gasteiger charge is 2.35. The minimum atomic E-state index is 0.463. The Bertz CT molecular complexity index is 178. The molecular formula is C11H22N2O. The number of methoxy groups -OCH3 is 1. The summed E-state index contributed by atoms with van der Waals surface area (Å²) in [5.74, 6) is 0. The zero-order chi connectivity index (χ0) is 9.97. The van der Waals surface area contributed by atoms with Crippen molar-refractivity contribution in [3.05, 3.63) is 0 Å². The summed E-state index contributed by atoms with van der Waals surface area (Å²) in [7, 11) is 1.80. The summed E-state index contributed by atoms with van der Waals surface area (Å²) in [4.78, 5) is 2.64. The van der Waals surface area contributed by atoms with Gasteiger partial charge in [0.05, 0.1) is 6.61 Å². The van der Waals surface area contributed by atoms with Gasteiger partial charge in [0.15, 0.2) is 0 Å². The van der Waals surface area contributed by atoms with Crippen LogP contribution >= 0.6 is 0 Å². The second kappa shape index (κ2) is 4.60. The molecule has 0 aromatic carbocycles. The normalized spacial score (nSPS) is 39.4. The number of nitrogens with zero attached hydrogens (tertiary/aromatic N) is 1. The predicted octanol–water partition coefficient (Wildman–Crippen LogP) is 0.977. The Hall–Kier alpha value is -0.120. The highest BCUT2D eigenvalue weighted by Crippen LogP contribution is 2.30. The van der Waals surface area contributed by atoms with Gasteiger partial charge in [-0.15, -0.1) is 0 Å². The topological polar surface area (TPSA) is 38.5 Å². The average molecular weight is 198 g/mol. The minimum Gasteiger partial charge on any atom is -0.383 e. The number of piperidine rings is 1. The van der Waals surface area contributed by atoms with Crippen LogP contribution in [0.4, 0.5) is 0 Å². The first kappa shape index (κ1) is 10.4. The number of nitrogens with two attached hydrogens (primary N) is 1. The SMILES string of the molecule is COCC1CCCCN1C1CC(N)C1. The van der Waals surface area contributed by atoms with Gasteiger partial charge in [-0.1, -0.05) is 6.42 Å². The van der Waals surface area contributed by atoms with Gasteiger partial charge in [0, 0.05) is 25.2 Å². The Morgan fingerprint density at radius 1 is 1.36 bits per heavy atom. The summed E-state index contributed by atoms with van der Waals surface area (Å²) < 4.78 is 5.28. The summed E-state index contributed by atoms with van der Waals surface area (Å²) in [6.07, 6.45) is 6.41. The Balaban J connectivity index is 1.86. The van der Waals surface area contributed by atoms with E-state index < -0.39 is 0 Å². The van der Waals surface area contributed by atoms with E-state index in [2.05, 4.69) is 4.90 Å². The van der Waals surface area contributed by atoms with Crippen LogP contribution in [-0.4, -0.2) is 43.3 Å². The van der Waals surface area contributed by atoms with Crippen LogP contribution in [-0.2, 0) is 4.74 Å². The lowest BCUT2D eigenvalue weighted by Crippen LogP contribution is -2.56. The lowest BCUT2D eigenvalue weighted by Gasteiger charge is -2.47. The maximum Gasteiger partial charge on any atom is 0.0618 e. The van der Waals surface area contributed by atoms with Gasteiger partial charge in [-0.05, 0) is 32.2 Å². The lowest BCUT2D eigenvalue weighted by molar-refractivity contribution is 0.00377. The minimum absolute atomic E-state index is 0.463. The molecule has 14 heavy (non-hydrogen) atoms. The number of ether oxygens (including phenoxy) is 1. The molecule has 2 rings (SSSR count). The van der Waals surface area contributed by atoms with Gasteiger partial charge in [-0.3, -0.25) is 4.90 Å². The lowest BCUT2D eigenvalue weighted by atomic mass is 9.84. The Labute approximate surface area is 86.6 Å². The van der Waals surface area contributed by atoms with Gasteiger partial charge in [0.25, 0.3) is 0 Å². The predicted molar refractivity (Wildman–Crippen MR) is 57.2 cm³/mol. The molecule has 3 heteroatoms. The van der Waals surface area contributed by atoms with Crippen LogP contribution in [0.1, 0.15) is 32.1 Å². The zero-order valence-corrected chi connectivity index (χ0v) is 9.11. The van der Waals surface area contributed by atoms with Crippen molar-refractivity contribution in [1.29, 1.82) is 0 Å². The molecule has 0 bridgehead atoms. The van der Waals surface area contributed by atoms with E-state index in [0.29, 0.717) is 12.1 Å². The van der Waals surface area contributed by atoms with Crippen LogP contribution in [0, 0.1) is 0 Å². The van der Waals surface area contributed by atoms with Gasteiger partial charge < -0.3 is 10.5 Å². The monoisotopic (exact) mass is 198 g/mol. The van der Waals surface area contributed by atoms with E-state index in [-0.39, 0.29) is 0 Å². The second-order valence-corrected chi connectivity index (χ2v) is 4.73. The van der Waals surface area contributed by atoms with E-state index in [0.717, 1.165) is 12.6 Å². The van der Waals surface area contributed by atoms with Crippen LogP contribution < -0.4 is 5.73 Å². The maximum absolute atomic E-state index is 5.84. The van der Waals surface area contributed by atoms with Crippen LogP contribution in [0.3, 0.4) is 0 Å². The smallest absolute Gasteiger partial charge is 0.0618 e. The molecule has 2 N–H and O–H groups in total. The summed E-state index contributed by atoms with van der Waals surface area (Å²) in [6, 6.07) is 1.88. The number of hydrogen-bond donors (Lipinski definition) is 1. The number of hydrogen-bond acceptors (Lipinski definition) is 3. The Morgan fingerprint density at radius 2 is 2.14 bits per heavy atom. The molecule has 1 heterocycles. The molecule has 3 nitrogen and oxygen atoms in total. The quantitative estimate of drug-likeness (QED) is 0.734. The van der Waals surface area contributed by atoms with Gasteiger partial charge in [0.2, 0.25) is 0 Å². The maximum atomic E-state index is 5.84. The molecule has 1 saturated carbocycles. The van der Waals surface area contributed by atoms with E-state index in [4.69, 9.17) is 10.5 Å². The van der Waals surface area contributed by atoms with Crippen molar-refractivity contribution in [2.24, 2.45) is 5.73 Å². The van der Waals surface area contributed by atoms with Crippen LogP contribution in [0.15, 0.2) is 0 Å². The molecule has 1 atom stereocenters. The van der Waals surface area contributed by atoms with Gasteiger partial charge in [-0.25, -0.2) is 0 Å². The highest BCUT2D eigenvalue weighted by molar-refractivity contribution is 4.93. The fourth-order valence-electron chi connectivity index (χ4n) is 2.78.